The molecule has 2 rings (SSSR count). The number of anilines is 1. The van der Waals surface area contributed by atoms with Gasteiger partial charge in [0.2, 0.25) is 5.91 Å². The topological polar surface area (TPSA) is 44.4 Å². The van der Waals surface area contributed by atoms with Crippen molar-refractivity contribution in [2.24, 2.45) is 5.92 Å². The molecule has 5 heteroatoms. The molecule has 0 aromatic heterocycles. The van der Waals surface area contributed by atoms with Crippen LogP contribution in [0.4, 0.5) is 5.69 Å². The van der Waals surface area contributed by atoms with E-state index in [1.165, 1.54) is 16.4 Å². The maximum Gasteiger partial charge on any atom is 0.238 e. The van der Waals surface area contributed by atoms with E-state index in [1.807, 2.05) is 26.1 Å². The van der Waals surface area contributed by atoms with Crippen LogP contribution in [0.25, 0.3) is 0 Å². The second kappa shape index (κ2) is 8.10. The molecule has 1 heterocycles. The fourth-order valence-electron chi connectivity index (χ4n) is 2.91. The Morgan fingerprint density at radius 3 is 3.00 bits per heavy atom. The molecule has 116 valence electrons. The van der Waals surface area contributed by atoms with Gasteiger partial charge in [-0.05, 0) is 92.2 Å². The van der Waals surface area contributed by atoms with Crippen molar-refractivity contribution < 1.29 is 4.79 Å². The summed E-state index contributed by atoms with van der Waals surface area (Å²) in [5.74, 6) is 0.751. The number of aryl methyl sites for hydroxylation is 1. The standard InChI is InChI=1S/C16H24IN3O/c1-12-8-14(17)5-6-15(12)19-16(21)11-20-7-3-4-13(10-20)9-18-2/h5-6,8,13,18H,3-4,7,9-11H2,1-2H3,(H,19,21). The lowest BCUT2D eigenvalue weighted by Gasteiger charge is -2.32. The van der Waals surface area contributed by atoms with Gasteiger partial charge in [0.1, 0.15) is 0 Å². The van der Waals surface area contributed by atoms with Crippen LogP contribution in [0.15, 0.2) is 18.2 Å². The Balaban J connectivity index is 1.86. The first-order chi connectivity index (χ1) is 10.1. The Morgan fingerprint density at radius 2 is 2.29 bits per heavy atom. The minimum absolute atomic E-state index is 0.0874. The van der Waals surface area contributed by atoms with E-state index in [2.05, 4.69) is 44.2 Å². The van der Waals surface area contributed by atoms with Crippen molar-refractivity contribution in [2.75, 3.05) is 38.5 Å². The maximum absolute atomic E-state index is 12.2. The van der Waals surface area contributed by atoms with Gasteiger partial charge in [-0.2, -0.15) is 0 Å². The van der Waals surface area contributed by atoms with Crippen molar-refractivity contribution in [1.29, 1.82) is 0 Å². The molecule has 1 aliphatic rings. The zero-order valence-corrected chi connectivity index (χ0v) is 14.9. The normalized spacial score (nSPS) is 19.5. The number of halogens is 1. The molecular weight excluding hydrogens is 377 g/mol. The molecule has 1 amide bonds. The number of likely N-dealkylation sites (tertiary alicyclic amines) is 1. The molecule has 1 aromatic carbocycles. The molecule has 1 aliphatic heterocycles. The number of hydrogen-bond donors (Lipinski definition) is 2. The van der Waals surface area contributed by atoms with E-state index in [0.717, 1.165) is 30.9 Å². The molecule has 1 saturated heterocycles. The molecule has 1 aromatic rings. The van der Waals surface area contributed by atoms with Gasteiger partial charge in [-0.25, -0.2) is 0 Å². The van der Waals surface area contributed by atoms with E-state index in [-0.39, 0.29) is 5.91 Å². The Labute approximate surface area is 140 Å². The first kappa shape index (κ1) is 16.7. The summed E-state index contributed by atoms with van der Waals surface area (Å²) in [6.07, 6.45) is 2.44. The quantitative estimate of drug-likeness (QED) is 0.746. The monoisotopic (exact) mass is 401 g/mol. The third-order valence-electron chi connectivity index (χ3n) is 3.93. The highest BCUT2D eigenvalue weighted by molar-refractivity contribution is 14.1. The molecular formula is C16H24IN3O. The number of amides is 1. The number of hydrogen-bond acceptors (Lipinski definition) is 3. The highest BCUT2D eigenvalue weighted by Gasteiger charge is 2.21. The van der Waals surface area contributed by atoms with Crippen LogP contribution in [0.2, 0.25) is 0 Å². The Morgan fingerprint density at radius 1 is 1.48 bits per heavy atom. The smallest absolute Gasteiger partial charge is 0.238 e. The number of nitrogens with zero attached hydrogens (tertiary/aromatic N) is 1. The fourth-order valence-corrected chi connectivity index (χ4v) is 3.56. The van der Waals surface area contributed by atoms with Crippen LogP contribution in [-0.4, -0.2) is 44.0 Å². The number of carbonyl (C=O) groups excluding carboxylic acids is 1. The van der Waals surface area contributed by atoms with Crippen molar-refractivity contribution in [2.45, 2.75) is 19.8 Å². The fraction of sp³-hybridized carbons (Fsp3) is 0.562. The van der Waals surface area contributed by atoms with E-state index in [9.17, 15) is 4.79 Å². The lowest BCUT2D eigenvalue weighted by atomic mass is 9.98. The number of piperidine rings is 1. The lowest BCUT2D eigenvalue weighted by molar-refractivity contribution is -0.117. The Kier molecular flexibility index (Phi) is 6.44. The van der Waals surface area contributed by atoms with E-state index >= 15 is 0 Å². The molecule has 0 saturated carbocycles. The van der Waals surface area contributed by atoms with E-state index in [4.69, 9.17) is 0 Å². The molecule has 21 heavy (non-hydrogen) atoms. The van der Waals surface area contributed by atoms with Crippen molar-refractivity contribution >= 4 is 34.2 Å². The zero-order valence-electron chi connectivity index (χ0n) is 12.8. The summed E-state index contributed by atoms with van der Waals surface area (Å²) in [6, 6.07) is 6.09. The zero-order chi connectivity index (χ0) is 15.2. The predicted octanol–water partition coefficient (Wildman–Crippen LogP) is 2.47. The van der Waals surface area contributed by atoms with Gasteiger partial charge < -0.3 is 10.6 Å². The van der Waals surface area contributed by atoms with Crippen LogP contribution in [-0.2, 0) is 4.79 Å². The predicted molar refractivity (Wildman–Crippen MR) is 95.6 cm³/mol. The van der Waals surface area contributed by atoms with Gasteiger partial charge in [-0.1, -0.05) is 0 Å². The average molecular weight is 401 g/mol. The van der Waals surface area contributed by atoms with Crippen LogP contribution in [0.5, 0.6) is 0 Å². The van der Waals surface area contributed by atoms with Crippen LogP contribution in [0.1, 0.15) is 18.4 Å². The second-order valence-corrected chi connectivity index (χ2v) is 7.05. The molecule has 2 N–H and O–H groups in total. The maximum atomic E-state index is 12.2. The van der Waals surface area contributed by atoms with Gasteiger partial charge in [0.05, 0.1) is 6.54 Å². The van der Waals surface area contributed by atoms with Crippen molar-refractivity contribution in [3.8, 4) is 0 Å². The second-order valence-electron chi connectivity index (χ2n) is 5.81. The highest BCUT2D eigenvalue weighted by atomic mass is 127. The van der Waals surface area contributed by atoms with E-state index < -0.39 is 0 Å². The summed E-state index contributed by atoms with van der Waals surface area (Å²) >= 11 is 2.28. The van der Waals surface area contributed by atoms with Gasteiger partial charge in [0.15, 0.2) is 0 Å². The summed E-state index contributed by atoms with van der Waals surface area (Å²) in [7, 11) is 1.99. The van der Waals surface area contributed by atoms with Crippen LogP contribution in [0, 0.1) is 16.4 Å². The molecule has 0 spiro atoms. The molecule has 1 atom stereocenters. The van der Waals surface area contributed by atoms with E-state index in [1.54, 1.807) is 0 Å². The van der Waals surface area contributed by atoms with Gasteiger partial charge in [0, 0.05) is 15.8 Å². The SMILES string of the molecule is CNCC1CCCN(CC(=O)Nc2ccc(I)cc2C)C1. The van der Waals surface area contributed by atoms with Crippen LogP contribution in [0.3, 0.4) is 0 Å². The average Bonchev–Trinajstić information content (AvgIpc) is 2.43. The number of benzene rings is 1. The summed E-state index contributed by atoms with van der Waals surface area (Å²) in [4.78, 5) is 14.5. The molecule has 1 fully saturated rings. The minimum Gasteiger partial charge on any atom is -0.325 e. The van der Waals surface area contributed by atoms with Gasteiger partial charge in [0.25, 0.3) is 0 Å². The first-order valence-electron chi connectivity index (χ1n) is 7.51. The number of rotatable bonds is 5. The molecule has 0 radical (unpaired) electrons. The number of nitrogens with one attached hydrogen (secondary N) is 2. The Bertz CT molecular complexity index is 490. The molecule has 0 aliphatic carbocycles. The summed E-state index contributed by atoms with van der Waals surface area (Å²) in [5.41, 5.74) is 2.03. The van der Waals surface area contributed by atoms with Crippen molar-refractivity contribution in [1.82, 2.24) is 10.2 Å². The van der Waals surface area contributed by atoms with Crippen LogP contribution >= 0.6 is 22.6 Å². The third kappa shape index (κ3) is 5.23. The van der Waals surface area contributed by atoms with Crippen LogP contribution < -0.4 is 10.6 Å². The van der Waals surface area contributed by atoms with Crippen molar-refractivity contribution in [3.63, 3.8) is 0 Å². The third-order valence-corrected chi connectivity index (χ3v) is 4.60. The lowest BCUT2D eigenvalue weighted by Crippen LogP contribution is -2.42. The highest BCUT2D eigenvalue weighted by Crippen LogP contribution is 2.19. The molecule has 0 bridgehead atoms. The van der Waals surface area contributed by atoms with Gasteiger partial charge in [-0.15, -0.1) is 0 Å². The van der Waals surface area contributed by atoms with Gasteiger partial charge >= 0.3 is 0 Å². The minimum atomic E-state index is 0.0874. The Hall–Kier alpha value is -0.660. The van der Waals surface area contributed by atoms with Gasteiger partial charge in [-0.3, -0.25) is 9.69 Å². The summed E-state index contributed by atoms with van der Waals surface area (Å²) < 4.78 is 1.19. The largest absolute Gasteiger partial charge is 0.325 e. The summed E-state index contributed by atoms with van der Waals surface area (Å²) in [5, 5.41) is 6.27. The molecule has 4 nitrogen and oxygen atoms in total. The first-order valence-corrected chi connectivity index (χ1v) is 8.59. The van der Waals surface area contributed by atoms with E-state index in [0.29, 0.717) is 12.5 Å². The van der Waals surface area contributed by atoms with Crippen molar-refractivity contribution in [3.05, 3.63) is 27.3 Å². The number of carbonyl (C=O) groups is 1. The molecule has 1 unspecified atom stereocenters. The summed E-state index contributed by atoms with van der Waals surface area (Å²) in [6.45, 7) is 5.60.